The van der Waals surface area contributed by atoms with Crippen molar-refractivity contribution in [3.8, 4) is 0 Å². The molecule has 2 aromatic heterocycles. The molecule has 2 aromatic carbocycles. The third-order valence-electron chi connectivity index (χ3n) is 18.9. The van der Waals surface area contributed by atoms with Crippen molar-refractivity contribution in [2.24, 2.45) is 35.5 Å². The summed E-state index contributed by atoms with van der Waals surface area (Å²) >= 11 is 2.77. The smallest absolute Gasteiger partial charge is 0.270 e. The number of ether oxygens (including phenoxy) is 4. The number of likely N-dealkylation sites (tertiary alicyclic amines) is 2. The van der Waals surface area contributed by atoms with Crippen LogP contribution in [0, 0.1) is 35.5 Å². The second-order valence-electron chi connectivity index (χ2n) is 26.6. The molecule has 2 saturated heterocycles. The van der Waals surface area contributed by atoms with Crippen LogP contribution in [0.1, 0.15) is 201 Å². The van der Waals surface area contributed by atoms with Crippen LogP contribution in [0.15, 0.2) is 71.4 Å². The minimum absolute atomic E-state index is 0.0417. The number of Topliss-reactive ketones (excluding diaryl/α,β-unsaturated/α-hetero) is 2. The second-order valence-corrected chi connectivity index (χ2v) is 28.4. The lowest BCUT2D eigenvalue weighted by Crippen LogP contribution is -2.50. The fraction of sp³-hybridized carbons (Fsp3) is 0.667. The van der Waals surface area contributed by atoms with Gasteiger partial charge < -0.3 is 39.4 Å². The number of ketones is 2. The number of aromatic nitrogens is 2. The van der Waals surface area contributed by atoms with E-state index in [1.54, 1.807) is 49.0 Å². The summed E-state index contributed by atoms with van der Waals surface area (Å²) in [6, 6.07) is 19.3. The molecule has 512 valence electrons. The summed E-state index contributed by atoms with van der Waals surface area (Å²) in [5.74, 6) is -0.860. The summed E-state index contributed by atoms with van der Waals surface area (Å²) in [4.78, 5) is 99.2. The molecule has 2 N–H and O–H groups in total. The number of nitrogens with one attached hydrogen (secondary N) is 2. The van der Waals surface area contributed by atoms with E-state index in [2.05, 4.69) is 85.8 Å². The Bertz CT molecular complexity index is 2670. The monoisotopic (exact) mass is 1310 g/mol. The van der Waals surface area contributed by atoms with Crippen molar-refractivity contribution < 1.29 is 47.7 Å². The molecule has 2 aliphatic heterocycles. The average molecular weight is 1310 g/mol. The number of methoxy groups -OCH3 is 4. The van der Waals surface area contributed by atoms with Gasteiger partial charge in [-0.1, -0.05) is 142 Å². The van der Waals surface area contributed by atoms with Gasteiger partial charge in [-0.25, -0.2) is 9.97 Å². The maximum absolute atomic E-state index is 14.4. The highest BCUT2D eigenvalue weighted by Crippen LogP contribution is 2.36. The van der Waals surface area contributed by atoms with E-state index in [0.29, 0.717) is 34.2 Å². The van der Waals surface area contributed by atoms with Crippen molar-refractivity contribution in [1.29, 1.82) is 0 Å². The van der Waals surface area contributed by atoms with E-state index in [9.17, 15) is 28.8 Å². The number of thiazole rings is 2. The molecular formula is C72H112N8O10S2. The summed E-state index contributed by atoms with van der Waals surface area (Å²) in [7, 11) is 10.5. The molecule has 0 unspecified atom stereocenters. The number of hydrogen-bond donors (Lipinski definition) is 2. The fourth-order valence-corrected chi connectivity index (χ4v) is 14.7. The number of carbonyl (C=O) groups is 6. The van der Waals surface area contributed by atoms with Crippen LogP contribution in [0.3, 0.4) is 0 Å². The Balaban J connectivity index is 0.000000334. The summed E-state index contributed by atoms with van der Waals surface area (Å²) < 4.78 is 23.1. The predicted molar refractivity (Wildman–Crippen MR) is 367 cm³/mol. The largest absolute Gasteiger partial charge is 0.374 e. The van der Waals surface area contributed by atoms with Crippen molar-refractivity contribution in [1.82, 2.24) is 40.2 Å². The zero-order valence-electron chi connectivity index (χ0n) is 58.3. The second kappa shape index (κ2) is 39.5. The number of benzene rings is 2. The number of rotatable bonds is 36. The minimum Gasteiger partial charge on any atom is -0.374 e. The molecule has 4 heterocycles. The zero-order chi connectivity index (χ0) is 67.6. The molecule has 92 heavy (non-hydrogen) atoms. The molecular weight excluding hydrogens is 1200 g/mol. The van der Waals surface area contributed by atoms with Gasteiger partial charge >= 0.3 is 0 Å². The Morgan fingerprint density at radius 2 is 0.913 bits per heavy atom. The number of carbonyl (C=O) groups excluding carboxylic acids is 6. The first-order chi connectivity index (χ1) is 44.0. The molecule has 0 spiro atoms. The molecule has 0 saturated carbocycles. The van der Waals surface area contributed by atoms with Crippen LogP contribution in [0.2, 0.25) is 0 Å². The molecule has 12 atom stereocenters. The third-order valence-corrected chi connectivity index (χ3v) is 20.8. The van der Waals surface area contributed by atoms with Gasteiger partial charge in [0.25, 0.3) is 11.8 Å². The molecule has 4 aromatic rings. The summed E-state index contributed by atoms with van der Waals surface area (Å²) in [6.45, 7) is 22.6. The Hall–Kier alpha value is -5.32. The van der Waals surface area contributed by atoms with E-state index >= 15 is 0 Å². The van der Waals surface area contributed by atoms with Gasteiger partial charge in [0, 0.05) is 101 Å². The normalized spacial score (nSPS) is 18.8. The predicted octanol–water partition coefficient (Wildman–Crippen LogP) is 12.3. The highest BCUT2D eigenvalue weighted by atomic mass is 32.1. The molecule has 18 nitrogen and oxygen atoms in total. The Kier molecular flexibility index (Phi) is 33.2. The molecule has 4 amide bonds. The van der Waals surface area contributed by atoms with Gasteiger partial charge in [0.15, 0.2) is 11.6 Å². The Morgan fingerprint density at radius 3 is 1.22 bits per heavy atom. The highest BCUT2D eigenvalue weighted by Gasteiger charge is 2.41. The Labute approximate surface area is 559 Å². The van der Waals surface area contributed by atoms with Crippen LogP contribution in [0.25, 0.3) is 0 Å². The summed E-state index contributed by atoms with van der Waals surface area (Å²) in [5, 5.41) is 11.0. The van der Waals surface area contributed by atoms with Gasteiger partial charge in [-0.05, 0) is 114 Å². The van der Waals surface area contributed by atoms with Crippen molar-refractivity contribution >= 4 is 57.9 Å². The van der Waals surface area contributed by atoms with Crippen LogP contribution in [-0.2, 0) is 51.0 Å². The average Bonchev–Trinajstić information content (AvgIpc) is 1.52. The van der Waals surface area contributed by atoms with E-state index in [1.807, 2.05) is 88.6 Å². The first kappa shape index (κ1) is 77.4. The van der Waals surface area contributed by atoms with Crippen molar-refractivity contribution in [3.63, 3.8) is 0 Å². The fourth-order valence-electron chi connectivity index (χ4n) is 12.9. The lowest BCUT2D eigenvalue weighted by Gasteiger charge is -2.39. The van der Waals surface area contributed by atoms with Crippen LogP contribution in [0.5, 0.6) is 0 Å². The number of nitrogens with zero attached hydrogens (tertiary/aromatic N) is 6. The highest BCUT2D eigenvalue weighted by molar-refractivity contribution is 7.10. The van der Waals surface area contributed by atoms with Crippen molar-refractivity contribution in [3.05, 3.63) is 104 Å². The minimum atomic E-state index is -0.432. The number of piperidine rings is 2. The van der Waals surface area contributed by atoms with Crippen molar-refractivity contribution in [2.45, 2.75) is 208 Å². The van der Waals surface area contributed by atoms with Crippen LogP contribution in [-0.4, -0.2) is 170 Å². The van der Waals surface area contributed by atoms with Gasteiger partial charge in [0.1, 0.15) is 47.1 Å². The van der Waals surface area contributed by atoms with Crippen LogP contribution >= 0.6 is 22.7 Å². The topological polar surface area (TPSA) is 202 Å². The molecule has 0 aliphatic carbocycles. The zero-order valence-corrected chi connectivity index (χ0v) is 60.0. The molecule has 2 aliphatic rings. The standard InChI is InChI=1S/2C36H56N4O5S/c2*1-9-25(4)28(20-32(41)30-17-13-14-18-39(30)6)36(43)40(23-44-7)31(24(2)3)21-33(45-8)35-38-29(22-46-35)34(42)37-26(5)19-27-15-11-10-12-16-27/h2*10-12,15-16,22,24-26,28,30-31,33H,9,13-14,17-21,23H2,1-8H3,(H,37,42)/t2*25-,26+,28-,30+,31+,33+/m00/s1. The lowest BCUT2D eigenvalue weighted by atomic mass is 9.82. The van der Waals surface area contributed by atoms with Crippen LogP contribution in [0.4, 0.5) is 0 Å². The molecule has 6 rings (SSSR count). The van der Waals surface area contributed by atoms with Gasteiger partial charge in [0.2, 0.25) is 11.8 Å². The van der Waals surface area contributed by atoms with E-state index < -0.39 is 24.0 Å². The van der Waals surface area contributed by atoms with Gasteiger partial charge in [0.05, 0.1) is 12.1 Å². The van der Waals surface area contributed by atoms with E-state index in [4.69, 9.17) is 18.9 Å². The van der Waals surface area contributed by atoms with Crippen LogP contribution < -0.4 is 10.6 Å². The van der Waals surface area contributed by atoms with Crippen molar-refractivity contribution in [2.75, 3.05) is 69.1 Å². The van der Waals surface area contributed by atoms with Gasteiger partial charge in [-0.3, -0.25) is 38.6 Å². The summed E-state index contributed by atoms with van der Waals surface area (Å²) in [5.41, 5.74) is 3.03. The quantitative estimate of drug-likeness (QED) is 0.0407. The Morgan fingerprint density at radius 1 is 0.554 bits per heavy atom. The first-order valence-electron chi connectivity index (χ1n) is 33.7. The van der Waals surface area contributed by atoms with E-state index in [0.717, 1.165) is 88.4 Å². The summed E-state index contributed by atoms with van der Waals surface area (Å²) in [6.07, 6.45) is 9.61. The first-order valence-corrected chi connectivity index (χ1v) is 35.5. The number of hydrogen-bond acceptors (Lipinski definition) is 16. The number of likely N-dealkylation sites (N-methyl/N-ethyl adjacent to an activating group) is 2. The molecule has 0 bridgehead atoms. The number of amides is 4. The van der Waals surface area contributed by atoms with E-state index in [1.165, 1.54) is 22.7 Å². The lowest BCUT2D eigenvalue weighted by molar-refractivity contribution is -0.150. The van der Waals surface area contributed by atoms with Gasteiger partial charge in [-0.15, -0.1) is 22.7 Å². The maximum atomic E-state index is 14.4. The molecule has 2 fully saturated rings. The maximum Gasteiger partial charge on any atom is 0.270 e. The molecule has 20 heteroatoms. The third kappa shape index (κ3) is 23.0. The molecule has 0 radical (unpaired) electrons. The SMILES string of the molecule is CC[C@H](C)[C@H](CC(=O)[C@H]1CCCCN1C)C(=O)N(COC)[C@H](C[C@@H](OC)c1nc(C(=O)N[C@H](C)Cc2ccccc2)cs1)C(C)C.CC[C@H](C)[C@H](CC(=O)[C@H]1CCCCN1C)C(=O)N(COC)[C@H](C[C@@H](OC)c1nc(C(=O)N[C@H](C)Cc2ccccc2)cs1)C(C)C. The van der Waals surface area contributed by atoms with E-state index in [-0.39, 0.29) is 121 Å². The van der Waals surface area contributed by atoms with Gasteiger partial charge in [-0.2, -0.15) is 0 Å².